The van der Waals surface area contributed by atoms with Crippen molar-refractivity contribution in [1.29, 1.82) is 0 Å². The van der Waals surface area contributed by atoms with Gasteiger partial charge in [-0.2, -0.15) is 0 Å². The molecule has 2 aromatic rings. The molecule has 1 aliphatic carbocycles. The highest BCUT2D eigenvalue weighted by atomic mass is 35.5. The van der Waals surface area contributed by atoms with Crippen LogP contribution in [0.1, 0.15) is 32.1 Å². The van der Waals surface area contributed by atoms with Crippen molar-refractivity contribution in [1.82, 2.24) is 20.1 Å². The van der Waals surface area contributed by atoms with Crippen LogP contribution in [0.25, 0.3) is 5.69 Å². The highest BCUT2D eigenvalue weighted by molar-refractivity contribution is 6.30. The van der Waals surface area contributed by atoms with E-state index in [0.29, 0.717) is 16.5 Å². The summed E-state index contributed by atoms with van der Waals surface area (Å²) in [4.78, 5) is 12.1. The van der Waals surface area contributed by atoms with Crippen LogP contribution in [0.5, 0.6) is 5.75 Å². The molecule has 0 atom stereocenters. The molecule has 122 valence electrons. The predicted octanol–water partition coefficient (Wildman–Crippen LogP) is 2.75. The molecule has 1 aromatic carbocycles. The minimum Gasteiger partial charge on any atom is -0.482 e. The van der Waals surface area contributed by atoms with Gasteiger partial charge < -0.3 is 10.1 Å². The molecule has 1 aromatic heterocycles. The number of rotatable bonds is 5. The molecular weight excluding hydrogens is 316 g/mol. The van der Waals surface area contributed by atoms with Crippen LogP contribution in [0.4, 0.5) is 0 Å². The van der Waals surface area contributed by atoms with E-state index in [1.807, 2.05) is 0 Å². The van der Waals surface area contributed by atoms with Crippen LogP contribution < -0.4 is 10.1 Å². The number of ether oxygens (including phenoxy) is 1. The summed E-state index contributed by atoms with van der Waals surface area (Å²) in [6.45, 7) is -0.0206. The summed E-state index contributed by atoms with van der Waals surface area (Å²) < 4.78 is 7.37. The second-order valence-corrected chi connectivity index (χ2v) is 6.11. The zero-order valence-corrected chi connectivity index (χ0v) is 13.5. The molecule has 0 bridgehead atoms. The maximum absolute atomic E-state index is 12.1. The minimum atomic E-state index is -0.0958. The Hall–Kier alpha value is -2.08. The number of benzene rings is 1. The molecule has 0 spiro atoms. The van der Waals surface area contributed by atoms with E-state index in [4.69, 9.17) is 16.3 Å². The van der Waals surface area contributed by atoms with E-state index in [-0.39, 0.29) is 18.6 Å². The van der Waals surface area contributed by atoms with Crippen LogP contribution >= 0.6 is 11.6 Å². The predicted molar refractivity (Wildman–Crippen MR) is 86.9 cm³/mol. The van der Waals surface area contributed by atoms with Gasteiger partial charge in [0, 0.05) is 11.1 Å². The third kappa shape index (κ3) is 4.22. The molecule has 0 aliphatic heterocycles. The standard InChI is InChI=1S/C16H19ClN4O2/c17-12-6-7-15(14(8-12)21-10-18-19-11-21)23-9-16(22)20-13-4-2-1-3-5-13/h6-8,10-11,13H,1-5,9H2,(H,20,22). The Bertz CT molecular complexity index is 654. The van der Waals surface area contributed by atoms with Gasteiger partial charge in [-0.15, -0.1) is 10.2 Å². The summed E-state index contributed by atoms with van der Waals surface area (Å²) >= 11 is 6.04. The van der Waals surface area contributed by atoms with Crippen molar-refractivity contribution in [3.8, 4) is 11.4 Å². The molecule has 23 heavy (non-hydrogen) atoms. The maximum Gasteiger partial charge on any atom is 0.258 e. The summed E-state index contributed by atoms with van der Waals surface area (Å²) in [6, 6.07) is 5.50. The maximum atomic E-state index is 12.1. The highest BCUT2D eigenvalue weighted by Crippen LogP contribution is 2.26. The number of nitrogens with zero attached hydrogens (tertiary/aromatic N) is 3. The van der Waals surface area contributed by atoms with Gasteiger partial charge in [-0.3, -0.25) is 9.36 Å². The van der Waals surface area contributed by atoms with Gasteiger partial charge >= 0.3 is 0 Å². The van der Waals surface area contributed by atoms with Crippen molar-refractivity contribution in [3.63, 3.8) is 0 Å². The van der Waals surface area contributed by atoms with Gasteiger partial charge in [0.1, 0.15) is 18.4 Å². The minimum absolute atomic E-state index is 0.0206. The zero-order valence-electron chi connectivity index (χ0n) is 12.7. The number of aromatic nitrogens is 3. The Balaban J connectivity index is 1.62. The van der Waals surface area contributed by atoms with Gasteiger partial charge in [-0.05, 0) is 31.0 Å². The average Bonchev–Trinajstić information content (AvgIpc) is 3.09. The van der Waals surface area contributed by atoms with Crippen LogP contribution in [0.2, 0.25) is 5.02 Å². The molecule has 6 nitrogen and oxygen atoms in total. The molecular formula is C16H19ClN4O2. The van der Waals surface area contributed by atoms with E-state index in [2.05, 4.69) is 15.5 Å². The van der Waals surface area contributed by atoms with Crippen LogP contribution in [-0.4, -0.2) is 33.3 Å². The lowest BCUT2D eigenvalue weighted by Crippen LogP contribution is -2.39. The van der Waals surface area contributed by atoms with Crippen molar-refractivity contribution in [2.45, 2.75) is 38.1 Å². The first-order chi connectivity index (χ1) is 11.2. The van der Waals surface area contributed by atoms with Crippen molar-refractivity contribution in [2.24, 2.45) is 0 Å². The van der Waals surface area contributed by atoms with Gasteiger partial charge in [0.05, 0.1) is 5.69 Å². The van der Waals surface area contributed by atoms with E-state index in [1.54, 1.807) is 35.4 Å². The molecule has 3 rings (SSSR count). The molecule has 0 unspecified atom stereocenters. The number of nitrogens with one attached hydrogen (secondary N) is 1. The summed E-state index contributed by atoms with van der Waals surface area (Å²) in [5.74, 6) is 0.467. The van der Waals surface area contributed by atoms with Crippen molar-refractivity contribution in [3.05, 3.63) is 35.9 Å². The Morgan fingerprint density at radius 1 is 1.26 bits per heavy atom. The molecule has 0 saturated heterocycles. The number of hydrogen-bond donors (Lipinski definition) is 1. The second kappa shape index (κ2) is 7.46. The van der Waals surface area contributed by atoms with Crippen LogP contribution in [-0.2, 0) is 4.79 Å². The van der Waals surface area contributed by atoms with Crippen LogP contribution in [0, 0.1) is 0 Å². The SMILES string of the molecule is O=C(COc1ccc(Cl)cc1-n1cnnc1)NC1CCCCC1. The summed E-state index contributed by atoms with van der Waals surface area (Å²) in [7, 11) is 0. The Kier molecular flexibility index (Phi) is 5.12. The van der Waals surface area contributed by atoms with E-state index in [0.717, 1.165) is 12.8 Å². The normalized spacial score (nSPS) is 15.3. The lowest BCUT2D eigenvalue weighted by molar-refractivity contribution is -0.124. The van der Waals surface area contributed by atoms with Gasteiger partial charge in [-0.25, -0.2) is 0 Å². The quantitative estimate of drug-likeness (QED) is 0.912. The van der Waals surface area contributed by atoms with Gasteiger partial charge in [0.15, 0.2) is 6.61 Å². The number of halogens is 1. The van der Waals surface area contributed by atoms with Gasteiger partial charge in [0.2, 0.25) is 0 Å². The molecule has 1 fully saturated rings. The molecule has 1 aliphatic rings. The summed E-state index contributed by atoms with van der Waals surface area (Å²) in [5, 5.41) is 11.2. The first-order valence-corrected chi connectivity index (χ1v) is 8.17. The number of hydrogen-bond acceptors (Lipinski definition) is 4. The lowest BCUT2D eigenvalue weighted by atomic mass is 9.95. The van der Waals surface area contributed by atoms with E-state index >= 15 is 0 Å². The largest absolute Gasteiger partial charge is 0.482 e. The Morgan fingerprint density at radius 2 is 2.00 bits per heavy atom. The summed E-state index contributed by atoms with van der Waals surface area (Å²) in [5.41, 5.74) is 0.702. The van der Waals surface area contributed by atoms with E-state index < -0.39 is 0 Å². The van der Waals surface area contributed by atoms with Gasteiger partial charge in [-0.1, -0.05) is 30.9 Å². The lowest BCUT2D eigenvalue weighted by Gasteiger charge is -2.22. The smallest absolute Gasteiger partial charge is 0.258 e. The zero-order chi connectivity index (χ0) is 16.1. The molecule has 7 heteroatoms. The monoisotopic (exact) mass is 334 g/mol. The number of carbonyl (C=O) groups excluding carboxylic acids is 1. The molecule has 0 radical (unpaired) electrons. The van der Waals surface area contributed by atoms with Crippen LogP contribution in [0.3, 0.4) is 0 Å². The van der Waals surface area contributed by atoms with Crippen molar-refractivity contribution in [2.75, 3.05) is 6.61 Å². The fourth-order valence-corrected chi connectivity index (χ4v) is 2.97. The first kappa shape index (κ1) is 15.8. The van der Waals surface area contributed by atoms with Gasteiger partial charge in [0.25, 0.3) is 5.91 Å². The topological polar surface area (TPSA) is 69.0 Å². The third-order valence-corrected chi connectivity index (χ3v) is 4.18. The molecule has 1 N–H and O–H groups in total. The molecule has 1 amide bonds. The Morgan fingerprint density at radius 3 is 2.74 bits per heavy atom. The van der Waals surface area contributed by atoms with Crippen molar-refractivity contribution >= 4 is 17.5 Å². The van der Waals surface area contributed by atoms with E-state index in [1.165, 1.54) is 19.3 Å². The first-order valence-electron chi connectivity index (χ1n) is 7.79. The van der Waals surface area contributed by atoms with Crippen molar-refractivity contribution < 1.29 is 9.53 Å². The molecule has 1 saturated carbocycles. The summed E-state index contributed by atoms with van der Waals surface area (Å²) in [6.07, 6.45) is 8.84. The number of amides is 1. The fraction of sp³-hybridized carbons (Fsp3) is 0.438. The average molecular weight is 335 g/mol. The Labute approximate surface area is 139 Å². The molecule has 1 heterocycles. The fourth-order valence-electron chi connectivity index (χ4n) is 2.80. The third-order valence-electron chi connectivity index (χ3n) is 3.95. The van der Waals surface area contributed by atoms with Crippen LogP contribution in [0.15, 0.2) is 30.9 Å². The highest BCUT2D eigenvalue weighted by Gasteiger charge is 2.16. The second-order valence-electron chi connectivity index (χ2n) is 5.67. The number of carbonyl (C=O) groups is 1. The van der Waals surface area contributed by atoms with E-state index in [9.17, 15) is 4.79 Å².